The Hall–Kier alpha value is -2.89. The van der Waals surface area contributed by atoms with Crippen molar-refractivity contribution in [2.45, 2.75) is 13.5 Å². The number of nitrogens with zero attached hydrogens (tertiary/aromatic N) is 4. The third-order valence-corrected chi connectivity index (χ3v) is 3.10. The van der Waals surface area contributed by atoms with E-state index in [4.69, 9.17) is 0 Å². The SMILES string of the molecule is Cc1ccc(O)c(CNc2ccc(-n3cncn3)cc2)n1. The van der Waals surface area contributed by atoms with Crippen molar-refractivity contribution in [2.24, 2.45) is 0 Å². The highest BCUT2D eigenvalue weighted by Gasteiger charge is 2.03. The molecule has 2 N–H and O–H groups in total. The molecular formula is C15H15N5O. The molecule has 1 aromatic carbocycles. The lowest BCUT2D eigenvalue weighted by atomic mass is 10.2. The second kappa shape index (κ2) is 5.62. The molecule has 0 fully saturated rings. The third-order valence-electron chi connectivity index (χ3n) is 3.10. The van der Waals surface area contributed by atoms with E-state index in [1.165, 1.54) is 6.33 Å². The van der Waals surface area contributed by atoms with Crippen LogP contribution in [0.1, 0.15) is 11.4 Å². The first-order valence-electron chi connectivity index (χ1n) is 6.57. The zero-order valence-corrected chi connectivity index (χ0v) is 11.6. The second-order valence-corrected chi connectivity index (χ2v) is 4.66. The van der Waals surface area contributed by atoms with Crippen molar-refractivity contribution in [3.63, 3.8) is 0 Å². The summed E-state index contributed by atoms with van der Waals surface area (Å²) >= 11 is 0. The maximum absolute atomic E-state index is 9.76. The van der Waals surface area contributed by atoms with Gasteiger partial charge in [-0.15, -0.1) is 0 Å². The molecule has 3 rings (SSSR count). The summed E-state index contributed by atoms with van der Waals surface area (Å²) in [4.78, 5) is 8.23. The Bertz CT molecular complexity index is 722. The van der Waals surface area contributed by atoms with Crippen LogP contribution >= 0.6 is 0 Å². The van der Waals surface area contributed by atoms with Crippen LogP contribution in [0.3, 0.4) is 0 Å². The first kappa shape index (κ1) is 13.1. The Morgan fingerprint density at radius 1 is 1.14 bits per heavy atom. The molecule has 0 spiro atoms. The van der Waals surface area contributed by atoms with Crippen LogP contribution in [0.15, 0.2) is 49.1 Å². The number of nitrogens with one attached hydrogen (secondary N) is 1. The number of benzene rings is 1. The van der Waals surface area contributed by atoms with Gasteiger partial charge in [0.2, 0.25) is 0 Å². The van der Waals surface area contributed by atoms with Gasteiger partial charge in [0, 0.05) is 11.4 Å². The molecule has 0 unspecified atom stereocenters. The zero-order valence-electron chi connectivity index (χ0n) is 11.6. The van der Waals surface area contributed by atoms with E-state index in [9.17, 15) is 5.11 Å². The van der Waals surface area contributed by atoms with Crippen LogP contribution in [0, 0.1) is 6.92 Å². The van der Waals surface area contributed by atoms with Crippen LogP contribution in [-0.2, 0) is 6.54 Å². The highest BCUT2D eigenvalue weighted by atomic mass is 16.3. The largest absolute Gasteiger partial charge is 0.506 e. The van der Waals surface area contributed by atoms with Gasteiger partial charge >= 0.3 is 0 Å². The highest BCUT2D eigenvalue weighted by molar-refractivity contribution is 5.49. The van der Waals surface area contributed by atoms with E-state index in [-0.39, 0.29) is 5.75 Å². The fraction of sp³-hybridized carbons (Fsp3) is 0.133. The van der Waals surface area contributed by atoms with E-state index in [1.54, 1.807) is 23.1 Å². The first-order valence-corrected chi connectivity index (χ1v) is 6.57. The Morgan fingerprint density at radius 2 is 1.95 bits per heavy atom. The Morgan fingerprint density at radius 3 is 2.67 bits per heavy atom. The predicted molar refractivity (Wildman–Crippen MR) is 79.3 cm³/mol. The van der Waals surface area contributed by atoms with E-state index in [0.717, 1.165) is 17.1 Å². The van der Waals surface area contributed by atoms with Crippen molar-refractivity contribution in [2.75, 3.05) is 5.32 Å². The van der Waals surface area contributed by atoms with Crippen LogP contribution in [0.2, 0.25) is 0 Å². The van der Waals surface area contributed by atoms with Crippen LogP contribution in [-0.4, -0.2) is 24.9 Å². The van der Waals surface area contributed by atoms with E-state index >= 15 is 0 Å². The van der Waals surface area contributed by atoms with Gasteiger partial charge in [-0.3, -0.25) is 4.98 Å². The van der Waals surface area contributed by atoms with Gasteiger partial charge in [-0.1, -0.05) is 0 Å². The Balaban J connectivity index is 1.70. The van der Waals surface area contributed by atoms with Gasteiger partial charge in [0.1, 0.15) is 24.1 Å². The van der Waals surface area contributed by atoms with Crippen LogP contribution < -0.4 is 5.32 Å². The van der Waals surface area contributed by atoms with Gasteiger partial charge < -0.3 is 10.4 Å². The average molecular weight is 281 g/mol. The molecule has 0 atom stereocenters. The van der Waals surface area contributed by atoms with Crippen molar-refractivity contribution in [3.8, 4) is 11.4 Å². The van der Waals surface area contributed by atoms with Gasteiger partial charge in [-0.25, -0.2) is 9.67 Å². The maximum Gasteiger partial charge on any atom is 0.138 e. The third kappa shape index (κ3) is 3.00. The fourth-order valence-corrected chi connectivity index (χ4v) is 1.99. The monoisotopic (exact) mass is 281 g/mol. The number of hydrogen-bond donors (Lipinski definition) is 2. The van der Waals surface area contributed by atoms with Crippen LogP contribution in [0.4, 0.5) is 5.69 Å². The lowest BCUT2D eigenvalue weighted by Crippen LogP contribution is -2.03. The Labute approximate surface area is 122 Å². The van der Waals surface area contributed by atoms with E-state index in [2.05, 4.69) is 20.4 Å². The molecule has 21 heavy (non-hydrogen) atoms. The van der Waals surface area contributed by atoms with Crippen LogP contribution in [0.5, 0.6) is 5.75 Å². The summed E-state index contributed by atoms with van der Waals surface area (Å²) in [7, 11) is 0. The minimum atomic E-state index is 0.201. The molecule has 2 heterocycles. The lowest BCUT2D eigenvalue weighted by molar-refractivity contribution is 0.464. The minimum Gasteiger partial charge on any atom is -0.506 e. The van der Waals surface area contributed by atoms with Crippen molar-refractivity contribution in [1.29, 1.82) is 0 Å². The summed E-state index contributed by atoms with van der Waals surface area (Å²) in [6, 6.07) is 11.2. The molecule has 0 saturated heterocycles. The molecule has 2 aromatic heterocycles. The molecule has 0 radical (unpaired) electrons. The number of hydrogen-bond acceptors (Lipinski definition) is 5. The van der Waals surface area contributed by atoms with E-state index < -0.39 is 0 Å². The second-order valence-electron chi connectivity index (χ2n) is 4.66. The zero-order chi connectivity index (χ0) is 14.7. The van der Waals surface area contributed by atoms with Crippen LogP contribution in [0.25, 0.3) is 5.69 Å². The Kier molecular flexibility index (Phi) is 3.51. The van der Waals surface area contributed by atoms with E-state index in [1.807, 2.05) is 31.2 Å². The molecule has 0 saturated carbocycles. The summed E-state index contributed by atoms with van der Waals surface area (Å²) < 4.78 is 1.69. The highest BCUT2D eigenvalue weighted by Crippen LogP contribution is 2.17. The molecular weight excluding hydrogens is 266 g/mol. The summed E-state index contributed by atoms with van der Waals surface area (Å²) in [6.07, 6.45) is 3.15. The number of aryl methyl sites for hydroxylation is 1. The fourth-order valence-electron chi connectivity index (χ4n) is 1.99. The lowest BCUT2D eigenvalue weighted by Gasteiger charge is -2.09. The predicted octanol–water partition coefficient (Wildman–Crippen LogP) is 2.29. The van der Waals surface area contributed by atoms with Gasteiger partial charge in [-0.2, -0.15) is 5.10 Å². The normalized spacial score (nSPS) is 10.5. The van der Waals surface area contributed by atoms with Crippen molar-refractivity contribution in [3.05, 3.63) is 60.4 Å². The maximum atomic E-state index is 9.76. The van der Waals surface area contributed by atoms with Gasteiger partial charge in [-0.05, 0) is 43.3 Å². The standard InChI is InChI=1S/C15H15N5O/c1-11-2-7-15(21)14(19-11)8-17-12-3-5-13(6-4-12)20-10-16-9-18-20/h2-7,9-10,17,21H,8H2,1H3. The van der Waals surface area contributed by atoms with Gasteiger partial charge in [0.15, 0.2) is 0 Å². The summed E-state index contributed by atoms with van der Waals surface area (Å²) in [5.74, 6) is 0.201. The average Bonchev–Trinajstić information content (AvgIpc) is 3.03. The minimum absolute atomic E-state index is 0.201. The van der Waals surface area contributed by atoms with Gasteiger partial charge in [0.25, 0.3) is 0 Å². The topological polar surface area (TPSA) is 75.9 Å². The molecule has 0 aliphatic carbocycles. The van der Waals surface area contributed by atoms with Crippen molar-refractivity contribution >= 4 is 5.69 Å². The van der Waals surface area contributed by atoms with Crippen molar-refractivity contribution in [1.82, 2.24) is 19.7 Å². The number of rotatable bonds is 4. The van der Waals surface area contributed by atoms with Crippen molar-refractivity contribution < 1.29 is 5.11 Å². The molecule has 6 heteroatoms. The molecule has 6 nitrogen and oxygen atoms in total. The molecule has 106 valence electrons. The number of anilines is 1. The summed E-state index contributed by atoms with van der Waals surface area (Å²) in [6.45, 7) is 2.37. The van der Waals surface area contributed by atoms with E-state index in [0.29, 0.717) is 12.2 Å². The number of pyridine rings is 1. The molecule has 3 aromatic rings. The molecule has 0 bridgehead atoms. The smallest absolute Gasteiger partial charge is 0.138 e. The summed E-state index contributed by atoms with van der Waals surface area (Å²) in [5, 5.41) is 17.1. The summed E-state index contributed by atoms with van der Waals surface area (Å²) in [5.41, 5.74) is 3.40. The first-order chi connectivity index (χ1) is 10.2. The molecule has 0 aliphatic rings. The number of aromatic hydroxyl groups is 1. The number of aromatic nitrogens is 4. The van der Waals surface area contributed by atoms with Gasteiger partial charge in [0.05, 0.1) is 12.2 Å². The quantitative estimate of drug-likeness (QED) is 0.767. The molecule has 0 amide bonds. The molecule has 0 aliphatic heterocycles.